The van der Waals surface area contributed by atoms with Gasteiger partial charge < -0.3 is 10.6 Å². The molecule has 2 N–H and O–H groups in total. The second kappa shape index (κ2) is 8.23. The van der Waals surface area contributed by atoms with Gasteiger partial charge in [0.1, 0.15) is 11.9 Å². The fraction of sp³-hybridized carbons (Fsp3) is 0.438. The highest BCUT2D eigenvalue weighted by Gasteiger charge is 2.18. The molecule has 0 aromatic heterocycles. The van der Waals surface area contributed by atoms with Crippen LogP contribution < -0.4 is 5.73 Å². The molecule has 2 rings (SSSR count). The van der Waals surface area contributed by atoms with Crippen LogP contribution in [0.15, 0.2) is 29.3 Å². The number of guanidine groups is 1. The van der Waals surface area contributed by atoms with Crippen LogP contribution in [0, 0.1) is 24.1 Å². The number of hydrogen-bond acceptors (Lipinski definition) is 1. The minimum atomic E-state index is -0.465. The number of rotatable bonds is 2. The van der Waals surface area contributed by atoms with Crippen molar-refractivity contribution in [1.29, 1.82) is 0 Å². The zero-order valence-corrected chi connectivity index (χ0v) is 14.5. The highest BCUT2D eigenvalue weighted by Crippen LogP contribution is 2.19. The Morgan fingerprint density at radius 2 is 2.14 bits per heavy atom. The van der Waals surface area contributed by atoms with E-state index >= 15 is 0 Å². The maximum atomic E-state index is 12.9. The van der Waals surface area contributed by atoms with Crippen molar-refractivity contribution in [2.75, 3.05) is 13.1 Å². The molecule has 1 heterocycles. The normalized spacial score (nSPS) is 20.3. The molecule has 114 valence electrons. The van der Waals surface area contributed by atoms with Crippen LogP contribution in [0.2, 0.25) is 0 Å². The van der Waals surface area contributed by atoms with E-state index in [-0.39, 0.29) is 29.8 Å². The first-order valence-electron chi connectivity index (χ1n) is 6.90. The molecule has 0 aliphatic carbocycles. The molecule has 1 aliphatic rings. The summed E-state index contributed by atoms with van der Waals surface area (Å²) in [5.41, 5.74) is 6.84. The lowest BCUT2D eigenvalue weighted by Gasteiger charge is -2.32. The Hall–Kier alpha value is -1.29. The van der Waals surface area contributed by atoms with Crippen molar-refractivity contribution in [3.05, 3.63) is 35.6 Å². The molecule has 0 radical (unpaired) electrons. The predicted molar refractivity (Wildman–Crippen MR) is 95.0 cm³/mol. The number of likely N-dealkylation sites (tertiary alicyclic amines) is 1. The van der Waals surface area contributed by atoms with E-state index in [4.69, 9.17) is 12.2 Å². The highest BCUT2D eigenvalue weighted by atomic mass is 127. The Balaban J connectivity index is 0.00000220. The van der Waals surface area contributed by atoms with Gasteiger partial charge in [-0.3, -0.25) is 0 Å². The molecule has 1 aromatic carbocycles. The Morgan fingerprint density at radius 3 is 2.71 bits per heavy atom. The molecule has 0 saturated carbocycles. The van der Waals surface area contributed by atoms with E-state index in [0.29, 0.717) is 11.9 Å². The first-order valence-corrected chi connectivity index (χ1v) is 6.90. The molecule has 1 aliphatic heterocycles. The smallest absolute Gasteiger partial charge is 0.192 e. The van der Waals surface area contributed by atoms with Crippen LogP contribution in [0.4, 0.5) is 4.39 Å². The van der Waals surface area contributed by atoms with Gasteiger partial charge in [-0.2, -0.15) is 0 Å². The molecule has 0 spiro atoms. The Labute approximate surface area is 142 Å². The number of aliphatic imine (C=N–C) groups is 1. The monoisotopic (exact) mass is 401 g/mol. The van der Waals surface area contributed by atoms with Crippen molar-refractivity contribution in [1.82, 2.24) is 4.90 Å². The number of benzene rings is 1. The first-order chi connectivity index (χ1) is 9.60. The maximum absolute atomic E-state index is 12.9. The summed E-state index contributed by atoms with van der Waals surface area (Å²) in [6.45, 7) is 4.04. The summed E-state index contributed by atoms with van der Waals surface area (Å²) in [6.07, 6.45) is 7.87. The summed E-state index contributed by atoms with van der Waals surface area (Å²) in [5.74, 6) is 3.41. The summed E-state index contributed by atoms with van der Waals surface area (Å²) in [5, 5.41) is 0. The third kappa shape index (κ3) is 4.88. The molecule has 2 atom stereocenters. The number of piperidine rings is 1. The minimum absolute atomic E-state index is 0. The average molecular weight is 401 g/mol. The van der Waals surface area contributed by atoms with Crippen LogP contribution in [-0.2, 0) is 0 Å². The van der Waals surface area contributed by atoms with Gasteiger partial charge in [-0.15, -0.1) is 30.4 Å². The molecular formula is C16H21FIN3. The van der Waals surface area contributed by atoms with Gasteiger partial charge in [-0.1, -0.05) is 25.0 Å². The third-order valence-corrected chi connectivity index (χ3v) is 3.59. The molecule has 0 amide bonds. The molecule has 2 unspecified atom stereocenters. The number of hydrogen-bond donors (Lipinski definition) is 1. The third-order valence-electron chi connectivity index (χ3n) is 3.59. The average Bonchev–Trinajstić information content (AvgIpc) is 2.45. The molecule has 1 saturated heterocycles. The lowest BCUT2D eigenvalue weighted by molar-refractivity contribution is 0.270. The summed E-state index contributed by atoms with van der Waals surface area (Å²) < 4.78 is 12.9. The maximum Gasteiger partial charge on any atom is 0.192 e. The first kappa shape index (κ1) is 17.8. The van der Waals surface area contributed by atoms with Crippen LogP contribution >= 0.6 is 24.0 Å². The zero-order chi connectivity index (χ0) is 14.5. The van der Waals surface area contributed by atoms with Gasteiger partial charge in [0.2, 0.25) is 0 Å². The number of nitrogens with zero attached hydrogens (tertiary/aromatic N) is 2. The van der Waals surface area contributed by atoms with Crippen molar-refractivity contribution in [3.8, 4) is 12.3 Å². The van der Waals surface area contributed by atoms with E-state index in [2.05, 4.69) is 22.7 Å². The van der Waals surface area contributed by atoms with Crippen molar-refractivity contribution >= 4 is 29.9 Å². The Morgan fingerprint density at radius 1 is 1.48 bits per heavy atom. The van der Waals surface area contributed by atoms with Crippen molar-refractivity contribution in [3.63, 3.8) is 0 Å². The SMILES string of the molecule is C#CC(N=C(N)N1CCCC(C)C1)c1ccc(F)cc1.I. The van der Waals surface area contributed by atoms with Gasteiger partial charge >= 0.3 is 0 Å². The minimum Gasteiger partial charge on any atom is -0.370 e. The molecule has 21 heavy (non-hydrogen) atoms. The number of halogens is 2. The zero-order valence-electron chi connectivity index (χ0n) is 12.1. The van der Waals surface area contributed by atoms with Crippen molar-refractivity contribution in [2.24, 2.45) is 16.6 Å². The lowest BCUT2D eigenvalue weighted by atomic mass is 10.0. The molecule has 5 heteroatoms. The predicted octanol–water partition coefficient (Wildman–Crippen LogP) is 3.16. The van der Waals surface area contributed by atoms with Gasteiger partial charge in [0.25, 0.3) is 0 Å². The van der Waals surface area contributed by atoms with Gasteiger partial charge in [0.05, 0.1) is 0 Å². The fourth-order valence-electron chi connectivity index (χ4n) is 2.46. The van der Waals surface area contributed by atoms with Crippen LogP contribution in [-0.4, -0.2) is 23.9 Å². The van der Waals surface area contributed by atoms with E-state index in [1.807, 2.05) is 0 Å². The Kier molecular flexibility index (Phi) is 6.96. The fourth-order valence-corrected chi connectivity index (χ4v) is 2.46. The van der Waals surface area contributed by atoms with Crippen LogP contribution in [0.5, 0.6) is 0 Å². The second-order valence-corrected chi connectivity index (χ2v) is 5.30. The van der Waals surface area contributed by atoms with E-state index in [9.17, 15) is 4.39 Å². The van der Waals surface area contributed by atoms with E-state index < -0.39 is 6.04 Å². The number of nitrogens with two attached hydrogens (primary N) is 1. The largest absolute Gasteiger partial charge is 0.370 e. The standard InChI is InChI=1S/C16H20FN3.HI/c1-3-15(13-6-8-14(17)9-7-13)19-16(18)20-10-4-5-12(2)11-20;/h1,6-9,12,15H,4-5,10-11H2,2H3,(H2,18,19);1H. The molecule has 3 nitrogen and oxygen atoms in total. The second-order valence-electron chi connectivity index (χ2n) is 5.30. The highest BCUT2D eigenvalue weighted by molar-refractivity contribution is 14.0. The van der Waals surface area contributed by atoms with E-state index in [0.717, 1.165) is 25.1 Å². The van der Waals surface area contributed by atoms with Gasteiger partial charge in [-0.25, -0.2) is 9.38 Å². The van der Waals surface area contributed by atoms with Gasteiger partial charge in [0.15, 0.2) is 5.96 Å². The lowest BCUT2D eigenvalue weighted by Crippen LogP contribution is -2.43. The van der Waals surface area contributed by atoms with Crippen molar-refractivity contribution in [2.45, 2.75) is 25.8 Å². The molecule has 0 bridgehead atoms. The van der Waals surface area contributed by atoms with E-state index in [1.165, 1.54) is 18.6 Å². The summed E-state index contributed by atoms with van der Waals surface area (Å²) in [6, 6.07) is 5.60. The van der Waals surface area contributed by atoms with Crippen LogP contribution in [0.25, 0.3) is 0 Å². The van der Waals surface area contributed by atoms with Gasteiger partial charge in [0, 0.05) is 13.1 Å². The summed E-state index contributed by atoms with van der Waals surface area (Å²) in [7, 11) is 0. The van der Waals surface area contributed by atoms with Gasteiger partial charge in [-0.05, 0) is 36.5 Å². The topological polar surface area (TPSA) is 41.6 Å². The summed E-state index contributed by atoms with van der Waals surface area (Å²) in [4.78, 5) is 6.49. The molecule has 1 fully saturated rings. The summed E-state index contributed by atoms with van der Waals surface area (Å²) >= 11 is 0. The number of terminal acetylenes is 1. The van der Waals surface area contributed by atoms with Crippen LogP contribution in [0.3, 0.4) is 0 Å². The van der Waals surface area contributed by atoms with Crippen molar-refractivity contribution < 1.29 is 4.39 Å². The molecule has 1 aromatic rings. The Bertz CT molecular complexity index is 521. The molecular weight excluding hydrogens is 380 g/mol. The van der Waals surface area contributed by atoms with E-state index in [1.54, 1.807) is 12.1 Å². The quantitative estimate of drug-likeness (QED) is 0.358. The van der Waals surface area contributed by atoms with Crippen LogP contribution in [0.1, 0.15) is 31.4 Å².